The molecule has 0 aliphatic heterocycles. The summed E-state index contributed by atoms with van der Waals surface area (Å²) in [7, 11) is -11.0. The maximum atomic E-state index is 11.1. The van der Waals surface area contributed by atoms with Crippen LogP contribution >= 0.6 is 0 Å². The third kappa shape index (κ3) is 13.1. The van der Waals surface area contributed by atoms with Gasteiger partial charge in [-0.15, -0.1) is 0 Å². The van der Waals surface area contributed by atoms with Crippen molar-refractivity contribution in [3.8, 4) is 0 Å². The molecule has 6 N–H and O–H groups in total. The first-order valence-electron chi connectivity index (χ1n) is 11.4. The van der Waals surface area contributed by atoms with Crippen LogP contribution in [-0.2, 0) is 49.1 Å². The monoisotopic (exact) mass is 643 g/mol. The Morgan fingerprint density at radius 1 is 0.619 bits per heavy atom. The number of sulfonamides is 3. The van der Waals surface area contributed by atoms with E-state index in [1.165, 1.54) is 60.7 Å². The van der Waals surface area contributed by atoms with Crippen molar-refractivity contribution in [2.75, 3.05) is 0 Å². The van der Waals surface area contributed by atoms with Gasteiger partial charge in [0, 0.05) is 25.0 Å². The van der Waals surface area contributed by atoms with Gasteiger partial charge in [0.25, 0.3) is 6.29 Å². The van der Waals surface area contributed by atoms with Gasteiger partial charge in [0.05, 0.1) is 14.7 Å². The molecule has 0 amide bonds. The van der Waals surface area contributed by atoms with Gasteiger partial charge in [0.1, 0.15) is 6.29 Å². The molecule has 0 radical (unpaired) electrons. The molecular formula is C25H29N3O11S3. The van der Waals surface area contributed by atoms with Crippen LogP contribution in [0, 0.1) is 6.92 Å². The Morgan fingerprint density at radius 3 is 1.21 bits per heavy atom. The summed E-state index contributed by atoms with van der Waals surface area (Å²) in [5.41, 5.74) is 1.75. The van der Waals surface area contributed by atoms with Crippen molar-refractivity contribution >= 4 is 48.3 Å². The Labute approximate surface area is 243 Å². The molecule has 0 saturated heterocycles. The number of carbonyl (C=O) groups is 3. The Morgan fingerprint density at radius 2 is 0.929 bits per heavy atom. The smallest absolute Gasteiger partial charge is 0.305 e. The predicted molar refractivity (Wildman–Crippen MR) is 150 cm³/mol. The van der Waals surface area contributed by atoms with Crippen molar-refractivity contribution in [2.24, 2.45) is 15.4 Å². The lowest BCUT2D eigenvalue weighted by Crippen LogP contribution is -2.16. The number of hydrogen-bond donors (Lipinski definition) is 3. The molecule has 0 saturated carbocycles. The van der Waals surface area contributed by atoms with E-state index in [9.17, 15) is 39.6 Å². The Balaban J connectivity index is 0.000000332. The number of rotatable bonds is 7. The van der Waals surface area contributed by atoms with Gasteiger partial charge in [0.2, 0.25) is 30.1 Å². The van der Waals surface area contributed by atoms with Crippen LogP contribution in [0.3, 0.4) is 0 Å². The van der Waals surface area contributed by atoms with Gasteiger partial charge in [-0.1, -0.05) is 42.0 Å². The fourth-order valence-electron chi connectivity index (χ4n) is 2.74. The van der Waals surface area contributed by atoms with E-state index in [0.29, 0.717) is 17.4 Å². The summed E-state index contributed by atoms with van der Waals surface area (Å²) in [5.74, 6) is -1.27. The van der Waals surface area contributed by atoms with E-state index in [2.05, 4.69) is 0 Å². The second-order valence-electron chi connectivity index (χ2n) is 8.25. The predicted octanol–water partition coefficient (Wildman–Crippen LogP) is 1.25. The lowest BCUT2D eigenvalue weighted by molar-refractivity contribution is -0.186. The summed E-state index contributed by atoms with van der Waals surface area (Å²) in [4.78, 5) is 32.1. The van der Waals surface area contributed by atoms with Crippen LogP contribution < -0.4 is 15.4 Å². The number of ether oxygens (including phenoxy) is 2. The van der Waals surface area contributed by atoms with E-state index in [-0.39, 0.29) is 14.7 Å². The average Bonchev–Trinajstić information content (AvgIpc) is 2.87. The zero-order valence-corrected chi connectivity index (χ0v) is 25.0. The molecule has 42 heavy (non-hydrogen) atoms. The highest BCUT2D eigenvalue weighted by Crippen LogP contribution is 2.21. The fourth-order valence-corrected chi connectivity index (χ4v) is 4.29. The molecule has 0 aromatic heterocycles. The maximum absolute atomic E-state index is 11.1. The number of aryl methyl sites for hydroxylation is 1. The summed E-state index contributed by atoms with van der Waals surface area (Å²) in [6.07, 6.45) is -0.586. The molecule has 0 fully saturated rings. The highest BCUT2D eigenvalue weighted by Gasteiger charge is 2.19. The Kier molecular flexibility index (Phi) is 13.1. The number of aldehydes is 1. The summed E-state index contributed by atoms with van der Waals surface area (Å²) in [6, 6.07) is 16.9. The molecule has 3 rings (SSSR count). The van der Waals surface area contributed by atoms with E-state index in [1.807, 2.05) is 6.92 Å². The number of nitrogens with two attached hydrogens (primary N) is 3. The van der Waals surface area contributed by atoms with Crippen LogP contribution in [0.25, 0.3) is 0 Å². The quantitative estimate of drug-likeness (QED) is 0.188. The van der Waals surface area contributed by atoms with Gasteiger partial charge in [-0.2, -0.15) is 0 Å². The molecule has 0 bridgehead atoms. The van der Waals surface area contributed by atoms with Crippen molar-refractivity contribution < 1.29 is 49.1 Å². The van der Waals surface area contributed by atoms with Crippen molar-refractivity contribution in [2.45, 2.75) is 41.7 Å². The van der Waals surface area contributed by atoms with Crippen molar-refractivity contribution in [1.29, 1.82) is 0 Å². The second kappa shape index (κ2) is 15.3. The topological polar surface area (TPSA) is 250 Å². The number of benzene rings is 3. The molecule has 3 aromatic carbocycles. The first-order chi connectivity index (χ1) is 19.2. The molecule has 228 valence electrons. The highest BCUT2D eigenvalue weighted by molar-refractivity contribution is 7.89. The highest BCUT2D eigenvalue weighted by atomic mass is 32.2. The van der Waals surface area contributed by atoms with Gasteiger partial charge in [-0.25, -0.2) is 40.7 Å². The van der Waals surface area contributed by atoms with Crippen LogP contribution in [-0.4, -0.2) is 43.5 Å². The SMILES string of the molecule is CC(=O)OC(OC(C)=O)c1ccc(S(N)(=O)=O)cc1.Cc1ccc(S(N)(=O)=O)cc1.NS(=O)(=O)c1ccc(C=O)cc1. The van der Waals surface area contributed by atoms with Gasteiger partial charge in [-0.05, 0) is 43.3 Å². The van der Waals surface area contributed by atoms with E-state index >= 15 is 0 Å². The minimum Gasteiger partial charge on any atom is -0.421 e. The van der Waals surface area contributed by atoms with Crippen molar-refractivity contribution in [3.63, 3.8) is 0 Å². The number of hydrogen-bond acceptors (Lipinski definition) is 11. The third-order valence-corrected chi connectivity index (χ3v) is 7.51. The zero-order chi connectivity index (χ0) is 32.3. The summed E-state index contributed by atoms with van der Waals surface area (Å²) >= 11 is 0. The van der Waals surface area contributed by atoms with Crippen LogP contribution in [0.1, 0.15) is 41.6 Å². The number of carbonyl (C=O) groups excluding carboxylic acids is 3. The molecule has 0 aliphatic rings. The number of esters is 2. The van der Waals surface area contributed by atoms with E-state index in [1.54, 1.807) is 12.1 Å². The first kappa shape index (κ1) is 36.0. The summed E-state index contributed by atoms with van der Waals surface area (Å²) < 4.78 is 74.7. The van der Waals surface area contributed by atoms with Crippen LogP contribution in [0.15, 0.2) is 87.5 Å². The standard InChI is InChI=1S/C11H13NO6S.C7H7NO3S.C7H9NO2S/c1-7(13)17-11(18-8(2)14)9-3-5-10(6-4-9)19(12,15)16;8-12(10,11)7-3-1-6(5-9)2-4-7;1-6-2-4-7(5-3-6)11(8,9)10/h3-6,11H,1-2H3,(H2,12,15,16);1-5H,(H2,8,10,11);2-5H,1H3,(H2,8,9,10). The first-order valence-corrected chi connectivity index (χ1v) is 16.0. The summed E-state index contributed by atoms with van der Waals surface area (Å²) in [6.45, 7) is 4.21. The lowest BCUT2D eigenvalue weighted by atomic mass is 10.2. The van der Waals surface area contributed by atoms with Crippen molar-refractivity contribution in [1.82, 2.24) is 0 Å². The van der Waals surface area contributed by atoms with E-state index < -0.39 is 48.3 Å². The molecule has 3 aromatic rings. The minimum atomic E-state index is -3.81. The molecule has 14 nitrogen and oxygen atoms in total. The number of primary sulfonamides is 3. The Bertz CT molecular complexity index is 1690. The average molecular weight is 644 g/mol. The van der Waals surface area contributed by atoms with Crippen LogP contribution in [0.2, 0.25) is 0 Å². The largest absolute Gasteiger partial charge is 0.421 e. The molecule has 0 spiro atoms. The fraction of sp³-hybridized carbons (Fsp3) is 0.160. The molecule has 0 unspecified atom stereocenters. The minimum absolute atomic E-state index is 0.00750. The molecule has 0 heterocycles. The van der Waals surface area contributed by atoms with Gasteiger partial charge >= 0.3 is 11.9 Å². The molecule has 17 heteroatoms. The van der Waals surface area contributed by atoms with Gasteiger partial charge in [-0.3, -0.25) is 14.4 Å². The maximum Gasteiger partial charge on any atom is 0.305 e. The summed E-state index contributed by atoms with van der Waals surface area (Å²) in [5, 5.41) is 14.7. The van der Waals surface area contributed by atoms with E-state index in [4.69, 9.17) is 24.9 Å². The van der Waals surface area contributed by atoms with E-state index in [0.717, 1.165) is 19.4 Å². The Hall–Kier alpha value is -4.00. The molecule has 0 atom stereocenters. The zero-order valence-electron chi connectivity index (χ0n) is 22.5. The van der Waals surface area contributed by atoms with Crippen LogP contribution in [0.5, 0.6) is 0 Å². The normalized spacial score (nSPS) is 11.2. The van der Waals surface area contributed by atoms with Crippen LogP contribution in [0.4, 0.5) is 0 Å². The van der Waals surface area contributed by atoms with Gasteiger partial charge in [0.15, 0.2) is 0 Å². The third-order valence-electron chi connectivity index (χ3n) is 4.72. The van der Waals surface area contributed by atoms with Crippen molar-refractivity contribution in [3.05, 3.63) is 89.5 Å². The lowest BCUT2D eigenvalue weighted by Gasteiger charge is -2.16. The van der Waals surface area contributed by atoms with Gasteiger partial charge < -0.3 is 9.47 Å². The molecular weight excluding hydrogens is 614 g/mol. The second-order valence-corrected chi connectivity index (χ2v) is 12.9. The molecule has 0 aliphatic carbocycles.